The number of anilines is 2. The van der Waals surface area contributed by atoms with E-state index in [0.29, 0.717) is 47.4 Å². The lowest BCUT2D eigenvalue weighted by Gasteiger charge is -2.29. The molecule has 0 radical (unpaired) electrons. The monoisotopic (exact) mass is 511 g/mol. The van der Waals surface area contributed by atoms with Gasteiger partial charge in [0.25, 0.3) is 0 Å². The molecule has 1 saturated heterocycles. The predicted molar refractivity (Wildman–Crippen MR) is 137 cm³/mol. The van der Waals surface area contributed by atoms with Crippen LogP contribution in [-0.4, -0.2) is 69.4 Å². The van der Waals surface area contributed by atoms with E-state index in [9.17, 15) is 9.90 Å². The van der Waals surface area contributed by atoms with Crippen LogP contribution in [0.4, 0.5) is 11.8 Å². The Labute approximate surface area is 214 Å². The number of halogens is 1. The first-order valence-corrected chi connectivity index (χ1v) is 12.7. The summed E-state index contributed by atoms with van der Waals surface area (Å²) < 4.78 is 5.07. The molecule has 0 bridgehead atoms. The Kier molecular flexibility index (Phi) is 7.74. The number of ether oxygens (including phenoxy) is 1. The number of aromatic nitrogens is 4. The average Bonchev–Trinajstić information content (AvgIpc) is 2.87. The van der Waals surface area contributed by atoms with Crippen molar-refractivity contribution < 1.29 is 14.6 Å². The zero-order chi connectivity index (χ0) is 24.9. The molecule has 3 aromatic heterocycles. The minimum absolute atomic E-state index is 0.0123. The Morgan fingerprint density at radius 2 is 1.86 bits per heavy atom. The lowest BCUT2D eigenvalue weighted by atomic mass is 9.86. The third-order valence-corrected chi connectivity index (χ3v) is 7.15. The summed E-state index contributed by atoms with van der Waals surface area (Å²) in [6, 6.07) is 6.28. The average molecular weight is 512 g/mol. The van der Waals surface area contributed by atoms with Crippen molar-refractivity contribution in [1.82, 2.24) is 25.3 Å². The quantitative estimate of drug-likeness (QED) is 0.320. The highest BCUT2D eigenvalue weighted by molar-refractivity contribution is 6.33. The molecule has 11 heteroatoms. The number of amides is 1. The van der Waals surface area contributed by atoms with Gasteiger partial charge >= 0.3 is 0 Å². The molecular formula is C25H30ClN7O3. The molecule has 1 amide bonds. The molecule has 3 aromatic rings. The van der Waals surface area contributed by atoms with Crippen LogP contribution in [0.15, 0.2) is 36.8 Å². The number of carbonyl (C=O) groups excluding carboxylic acids is 1. The van der Waals surface area contributed by atoms with Gasteiger partial charge in [-0.15, -0.1) is 0 Å². The van der Waals surface area contributed by atoms with Gasteiger partial charge in [-0.05, 0) is 49.8 Å². The number of rotatable bonds is 9. The van der Waals surface area contributed by atoms with E-state index in [4.69, 9.17) is 16.3 Å². The minimum Gasteiger partial charge on any atom is -0.395 e. The fourth-order valence-corrected chi connectivity index (χ4v) is 4.83. The highest BCUT2D eigenvalue weighted by atomic mass is 35.5. The molecule has 5 rings (SSSR count). The van der Waals surface area contributed by atoms with E-state index in [2.05, 4.69) is 35.9 Å². The van der Waals surface area contributed by atoms with Gasteiger partial charge < -0.3 is 25.8 Å². The van der Waals surface area contributed by atoms with Gasteiger partial charge in [0.15, 0.2) is 5.15 Å². The van der Waals surface area contributed by atoms with E-state index >= 15 is 0 Å². The lowest BCUT2D eigenvalue weighted by molar-refractivity contribution is -0.127. The molecule has 190 valence electrons. The normalized spacial score (nSPS) is 20.9. The summed E-state index contributed by atoms with van der Waals surface area (Å²) in [6.45, 7) is 1.50. The number of aliphatic hydroxyl groups excluding tert-OH is 1. The molecule has 36 heavy (non-hydrogen) atoms. The first kappa shape index (κ1) is 24.6. The standard InChI is InChI=1S/C25H30ClN7O3/c26-23-22-16(7-8-27-23)3-6-21(33-22)31-18-4-1-15(2-5-18)9-28-25-29-10-17(11-30-25)20(12-34)24(35)32-19-13-36-14-19/h3,6-8,10-11,15,18-20,34H,1-2,4-5,9,12-14H2,(H,31,33)(H,32,35)(H,28,29,30)/t15?,18?,20-/m1/s1. The first-order chi connectivity index (χ1) is 17.6. The van der Waals surface area contributed by atoms with Crippen molar-refractivity contribution in [1.29, 1.82) is 0 Å². The summed E-state index contributed by atoms with van der Waals surface area (Å²) in [5.41, 5.74) is 1.30. The molecule has 4 heterocycles. The highest BCUT2D eigenvalue weighted by Gasteiger charge is 2.27. The predicted octanol–water partition coefficient (Wildman–Crippen LogP) is 2.75. The van der Waals surface area contributed by atoms with Gasteiger partial charge in [0.2, 0.25) is 11.9 Å². The molecule has 0 aromatic carbocycles. The molecule has 2 aliphatic rings. The molecule has 1 saturated carbocycles. The number of hydrogen-bond acceptors (Lipinski definition) is 9. The van der Waals surface area contributed by atoms with Crippen LogP contribution in [0.1, 0.15) is 37.2 Å². The molecule has 1 atom stereocenters. The van der Waals surface area contributed by atoms with Crippen molar-refractivity contribution >= 4 is 40.2 Å². The van der Waals surface area contributed by atoms with Crippen molar-refractivity contribution in [2.45, 2.75) is 43.7 Å². The summed E-state index contributed by atoms with van der Waals surface area (Å²) in [6.07, 6.45) is 9.15. The molecule has 4 N–H and O–H groups in total. The van der Waals surface area contributed by atoms with Gasteiger partial charge in [-0.3, -0.25) is 4.79 Å². The van der Waals surface area contributed by atoms with Crippen LogP contribution in [0.2, 0.25) is 5.15 Å². The Balaban J connectivity index is 1.08. The summed E-state index contributed by atoms with van der Waals surface area (Å²) in [4.78, 5) is 29.9. The number of fused-ring (bicyclic) bond motifs is 1. The van der Waals surface area contributed by atoms with Crippen molar-refractivity contribution in [2.24, 2.45) is 5.92 Å². The van der Waals surface area contributed by atoms with E-state index in [1.165, 1.54) is 0 Å². The first-order valence-electron chi connectivity index (χ1n) is 12.3. The minimum atomic E-state index is -0.688. The topological polar surface area (TPSA) is 134 Å². The second-order valence-corrected chi connectivity index (χ2v) is 9.79. The Hall–Kier alpha value is -3.08. The lowest BCUT2D eigenvalue weighted by Crippen LogP contribution is -2.50. The number of carbonyl (C=O) groups is 1. The molecular weight excluding hydrogens is 482 g/mol. The molecule has 10 nitrogen and oxygen atoms in total. The van der Waals surface area contributed by atoms with Crippen LogP contribution in [0, 0.1) is 5.92 Å². The van der Waals surface area contributed by atoms with Crippen molar-refractivity contribution in [3.8, 4) is 0 Å². The van der Waals surface area contributed by atoms with Gasteiger partial charge in [0.1, 0.15) is 11.3 Å². The summed E-state index contributed by atoms with van der Waals surface area (Å²) in [5.74, 6) is 0.943. The summed E-state index contributed by atoms with van der Waals surface area (Å²) in [5, 5.41) is 20.8. The molecule has 0 unspecified atom stereocenters. The van der Waals surface area contributed by atoms with E-state index in [1.54, 1.807) is 18.6 Å². The second-order valence-electron chi connectivity index (χ2n) is 9.43. The number of nitrogens with one attached hydrogen (secondary N) is 3. The molecule has 2 fully saturated rings. The zero-order valence-electron chi connectivity index (χ0n) is 19.9. The third-order valence-electron chi connectivity index (χ3n) is 6.87. The fourth-order valence-electron chi connectivity index (χ4n) is 4.62. The van der Waals surface area contributed by atoms with Crippen molar-refractivity contribution in [3.05, 3.63) is 47.5 Å². The largest absolute Gasteiger partial charge is 0.395 e. The maximum atomic E-state index is 12.4. The van der Waals surface area contributed by atoms with E-state index in [0.717, 1.165) is 43.4 Å². The maximum absolute atomic E-state index is 12.4. The Bertz CT molecular complexity index is 1180. The molecule has 1 aliphatic carbocycles. The Morgan fingerprint density at radius 3 is 2.56 bits per heavy atom. The van der Waals surface area contributed by atoms with Crippen LogP contribution >= 0.6 is 11.6 Å². The van der Waals surface area contributed by atoms with Crippen molar-refractivity contribution in [3.63, 3.8) is 0 Å². The smallest absolute Gasteiger partial charge is 0.230 e. The number of hydrogen-bond donors (Lipinski definition) is 4. The maximum Gasteiger partial charge on any atom is 0.230 e. The Morgan fingerprint density at radius 1 is 1.08 bits per heavy atom. The summed E-state index contributed by atoms with van der Waals surface area (Å²) in [7, 11) is 0. The number of nitrogens with zero attached hydrogens (tertiary/aromatic N) is 4. The highest BCUT2D eigenvalue weighted by Crippen LogP contribution is 2.28. The van der Waals surface area contributed by atoms with E-state index in [-0.39, 0.29) is 18.6 Å². The van der Waals surface area contributed by atoms with E-state index < -0.39 is 5.92 Å². The zero-order valence-corrected chi connectivity index (χ0v) is 20.6. The number of aliphatic hydroxyl groups is 1. The third kappa shape index (κ3) is 5.83. The van der Waals surface area contributed by atoms with Crippen LogP contribution in [-0.2, 0) is 9.53 Å². The van der Waals surface area contributed by atoms with Gasteiger partial charge in [-0.1, -0.05) is 11.6 Å². The SMILES string of the molecule is O=C(NC1COC1)[C@H](CO)c1cnc(NCC2CCC(Nc3ccc4ccnc(Cl)c4n3)CC2)nc1. The fraction of sp³-hybridized carbons (Fsp3) is 0.480. The van der Waals surface area contributed by atoms with Gasteiger partial charge in [-0.25, -0.2) is 19.9 Å². The van der Waals surface area contributed by atoms with Crippen LogP contribution in [0.3, 0.4) is 0 Å². The molecule has 1 aliphatic heterocycles. The second kappa shape index (κ2) is 11.3. The van der Waals surface area contributed by atoms with Crippen LogP contribution in [0.25, 0.3) is 10.9 Å². The van der Waals surface area contributed by atoms with Crippen LogP contribution in [0.5, 0.6) is 0 Å². The summed E-state index contributed by atoms with van der Waals surface area (Å²) >= 11 is 6.20. The van der Waals surface area contributed by atoms with Gasteiger partial charge in [-0.2, -0.15) is 0 Å². The van der Waals surface area contributed by atoms with Crippen LogP contribution < -0.4 is 16.0 Å². The van der Waals surface area contributed by atoms with Gasteiger partial charge in [0.05, 0.1) is 31.8 Å². The number of pyridine rings is 2. The van der Waals surface area contributed by atoms with E-state index in [1.807, 2.05) is 18.2 Å². The van der Waals surface area contributed by atoms with Gasteiger partial charge in [0, 0.05) is 42.1 Å². The van der Waals surface area contributed by atoms with Crippen molar-refractivity contribution in [2.75, 3.05) is 37.0 Å². The molecule has 0 spiro atoms.